The van der Waals surface area contributed by atoms with Crippen LogP contribution in [0.3, 0.4) is 0 Å². The van der Waals surface area contributed by atoms with E-state index in [0.717, 1.165) is 21.0 Å². The van der Waals surface area contributed by atoms with E-state index in [0.29, 0.717) is 22.8 Å². The molecule has 1 N–H and O–H groups in total. The molecule has 2 aromatic rings. The van der Waals surface area contributed by atoms with E-state index in [1.807, 2.05) is 31.4 Å². The average molecular weight is 427 g/mol. The maximum absolute atomic E-state index is 12.9. The molecule has 5 nitrogen and oxygen atoms in total. The Morgan fingerprint density at radius 2 is 1.96 bits per heavy atom. The predicted octanol–water partition coefficient (Wildman–Crippen LogP) is 4.55. The predicted molar refractivity (Wildman–Crippen MR) is 114 cm³/mol. The van der Waals surface area contributed by atoms with E-state index in [2.05, 4.69) is 5.32 Å². The fourth-order valence-electron chi connectivity index (χ4n) is 2.71. The molecule has 0 saturated heterocycles. The number of carbonyl (C=O) groups is 1. The molecule has 1 atom stereocenters. The van der Waals surface area contributed by atoms with Gasteiger partial charge >= 0.3 is 0 Å². The van der Waals surface area contributed by atoms with E-state index < -0.39 is 22.0 Å². The van der Waals surface area contributed by atoms with Crippen LogP contribution < -0.4 is 9.62 Å². The summed E-state index contributed by atoms with van der Waals surface area (Å²) in [4.78, 5) is 13.9. The van der Waals surface area contributed by atoms with Crippen LogP contribution in [0.2, 0.25) is 5.02 Å². The first-order chi connectivity index (χ1) is 12.7. The molecule has 2 aromatic carbocycles. The summed E-state index contributed by atoms with van der Waals surface area (Å²) in [5.74, 6) is -0.391. The lowest BCUT2D eigenvalue weighted by Gasteiger charge is -2.30. The number of nitrogens with zero attached hydrogens (tertiary/aromatic N) is 1. The molecule has 0 radical (unpaired) electrons. The number of halogens is 1. The number of nitrogens with one attached hydrogen (secondary N) is 1. The van der Waals surface area contributed by atoms with Crippen LogP contribution in [0.15, 0.2) is 47.4 Å². The molecule has 0 bridgehead atoms. The Balaban J connectivity index is 2.39. The Bertz CT molecular complexity index is 932. The number of thioether (sulfide) groups is 1. The van der Waals surface area contributed by atoms with Crippen LogP contribution in [-0.4, -0.2) is 32.9 Å². The minimum Gasteiger partial charge on any atom is -0.324 e. The first kappa shape index (κ1) is 21.6. The van der Waals surface area contributed by atoms with Crippen molar-refractivity contribution in [2.75, 3.05) is 22.1 Å². The van der Waals surface area contributed by atoms with Crippen molar-refractivity contribution in [3.05, 3.63) is 53.1 Å². The third-order valence-electron chi connectivity index (χ3n) is 4.08. The Hall–Kier alpha value is -1.70. The van der Waals surface area contributed by atoms with Gasteiger partial charge in [0.25, 0.3) is 0 Å². The standard InChI is InChI=1S/C19H23ClN2O3S2/c1-5-18(19(23)21-14-7-6-8-16(11-14)26-3)22(27(4,24)25)15-10-9-13(2)17(20)12-15/h6-12,18H,5H2,1-4H3,(H,21,23)/t18-/m1/s1. The molecule has 0 unspecified atom stereocenters. The fraction of sp³-hybridized carbons (Fsp3) is 0.316. The third kappa shape index (κ3) is 5.40. The summed E-state index contributed by atoms with van der Waals surface area (Å²) in [5.41, 5.74) is 1.83. The first-order valence-corrected chi connectivity index (χ1v) is 11.8. The van der Waals surface area contributed by atoms with Crippen LogP contribution in [0.4, 0.5) is 11.4 Å². The lowest BCUT2D eigenvalue weighted by atomic mass is 10.1. The van der Waals surface area contributed by atoms with Gasteiger partial charge in [0.05, 0.1) is 11.9 Å². The zero-order valence-electron chi connectivity index (χ0n) is 15.7. The largest absolute Gasteiger partial charge is 0.324 e. The van der Waals surface area contributed by atoms with Crippen LogP contribution >= 0.6 is 23.4 Å². The Morgan fingerprint density at radius 3 is 2.52 bits per heavy atom. The summed E-state index contributed by atoms with van der Waals surface area (Å²) in [6, 6.07) is 11.5. The maximum Gasteiger partial charge on any atom is 0.248 e. The summed E-state index contributed by atoms with van der Waals surface area (Å²) >= 11 is 7.74. The third-order valence-corrected chi connectivity index (χ3v) is 6.39. The number of carbonyl (C=O) groups excluding carboxylic acids is 1. The van der Waals surface area contributed by atoms with E-state index in [9.17, 15) is 13.2 Å². The quantitative estimate of drug-likeness (QED) is 0.659. The topological polar surface area (TPSA) is 66.5 Å². The molecule has 0 aromatic heterocycles. The van der Waals surface area contributed by atoms with Crippen molar-refractivity contribution in [1.29, 1.82) is 0 Å². The zero-order chi connectivity index (χ0) is 20.2. The van der Waals surface area contributed by atoms with Crippen LogP contribution in [-0.2, 0) is 14.8 Å². The zero-order valence-corrected chi connectivity index (χ0v) is 18.1. The molecule has 0 aliphatic heterocycles. The van der Waals surface area contributed by atoms with Gasteiger partial charge in [0.15, 0.2) is 0 Å². The number of aryl methyl sites for hydroxylation is 1. The highest BCUT2D eigenvalue weighted by Crippen LogP contribution is 2.28. The second-order valence-corrected chi connectivity index (χ2v) is 9.28. The number of anilines is 2. The Morgan fingerprint density at radius 1 is 1.26 bits per heavy atom. The first-order valence-electron chi connectivity index (χ1n) is 8.37. The van der Waals surface area contributed by atoms with Gasteiger partial charge in [0.1, 0.15) is 6.04 Å². The molecule has 0 fully saturated rings. The number of hydrogen-bond donors (Lipinski definition) is 1. The molecule has 8 heteroatoms. The lowest BCUT2D eigenvalue weighted by molar-refractivity contribution is -0.117. The summed E-state index contributed by atoms with van der Waals surface area (Å²) in [5, 5.41) is 3.27. The number of amides is 1. The van der Waals surface area contributed by atoms with Gasteiger partial charge in [-0.3, -0.25) is 9.10 Å². The van der Waals surface area contributed by atoms with Crippen LogP contribution in [0.25, 0.3) is 0 Å². The SMILES string of the molecule is CC[C@H](C(=O)Nc1cccc(SC)c1)N(c1ccc(C)c(Cl)c1)S(C)(=O)=O. The molecule has 146 valence electrons. The van der Waals surface area contributed by atoms with Crippen molar-refractivity contribution in [3.63, 3.8) is 0 Å². The molecule has 0 aliphatic rings. The van der Waals surface area contributed by atoms with Crippen molar-refractivity contribution < 1.29 is 13.2 Å². The average Bonchev–Trinajstić information content (AvgIpc) is 2.61. The summed E-state index contributed by atoms with van der Waals surface area (Å²) in [6.07, 6.45) is 3.35. The minimum absolute atomic E-state index is 0.312. The van der Waals surface area contributed by atoms with Gasteiger partial charge < -0.3 is 5.32 Å². The Labute approximate surface area is 170 Å². The number of hydrogen-bond acceptors (Lipinski definition) is 4. The van der Waals surface area contributed by atoms with E-state index in [4.69, 9.17) is 11.6 Å². The summed E-state index contributed by atoms with van der Waals surface area (Å²) in [7, 11) is -3.70. The molecule has 0 aliphatic carbocycles. The molecule has 0 heterocycles. The van der Waals surface area contributed by atoms with Crippen molar-refractivity contribution in [1.82, 2.24) is 0 Å². The van der Waals surface area contributed by atoms with E-state index in [1.165, 1.54) is 0 Å². The van der Waals surface area contributed by atoms with Gasteiger partial charge in [-0.2, -0.15) is 0 Å². The van der Waals surface area contributed by atoms with Gasteiger partial charge in [-0.05, 0) is 55.5 Å². The van der Waals surface area contributed by atoms with Gasteiger partial charge in [0.2, 0.25) is 15.9 Å². The number of benzene rings is 2. The molecule has 0 spiro atoms. The second kappa shape index (κ2) is 8.99. The second-order valence-electron chi connectivity index (χ2n) is 6.14. The van der Waals surface area contributed by atoms with Gasteiger partial charge in [0, 0.05) is 15.6 Å². The fourth-order valence-corrected chi connectivity index (χ4v) is 4.54. The van der Waals surface area contributed by atoms with Crippen molar-refractivity contribution in [2.24, 2.45) is 0 Å². The molecule has 2 rings (SSSR count). The van der Waals surface area contributed by atoms with E-state index in [1.54, 1.807) is 43.0 Å². The van der Waals surface area contributed by atoms with Crippen molar-refractivity contribution in [2.45, 2.75) is 31.2 Å². The van der Waals surface area contributed by atoms with Gasteiger partial charge in [-0.15, -0.1) is 11.8 Å². The molecule has 27 heavy (non-hydrogen) atoms. The highest BCUT2D eigenvalue weighted by molar-refractivity contribution is 7.98. The van der Waals surface area contributed by atoms with Gasteiger partial charge in [-0.25, -0.2) is 8.42 Å². The molecular weight excluding hydrogens is 404 g/mol. The van der Waals surface area contributed by atoms with Crippen LogP contribution in [0, 0.1) is 6.92 Å². The van der Waals surface area contributed by atoms with E-state index >= 15 is 0 Å². The van der Waals surface area contributed by atoms with E-state index in [-0.39, 0.29) is 0 Å². The highest BCUT2D eigenvalue weighted by atomic mass is 35.5. The highest BCUT2D eigenvalue weighted by Gasteiger charge is 2.31. The van der Waals surface area contributed by atoms with Crippen molar-refractivity contribution >= 4 is 50.7 Å². The smallest absolute Gasteiger partial charge is 0.248 e. The monoisotopic (exact) mass is 426 g/mol. The minimum atomic E-state index is -3.70. The molecule has 0 saturated carbocycles. The summed E-state index contributed by atoms with van der Waals surface area (Å²) in [6.45, 7) is 3.61. The van der Waals surface area contributed by atoms with Gasteiger partial charge in [-0.1, -0.05) is 30.7 Å². The summed E-state index contributed by atoms with van der Waals surface area (Å²) < 4.78 is 26.1. The van der Waals surface area contributed by atoms with Crippen LogP contribution in [0.5, 0.6) is 0 Å². The molecular formula is C19H23ClN2O3S2. The Kier molecular flexibility index (Phi) is 7.19. The normalized spacial score (nSPS) is 12.5. The number of sulfonamides is 1. The van der Waals surface area contributed by atoms with Crippen LogP contribution in [0.1, 0.15) is 18.9 Å². The van der Waals surface area contributed by atoms with Crippen molar-refractivity contribution in [3.8, 4) is 0 Å². The number of rotatable bonds is 7. The molecule has 1 amide bonds. The maximum atomic E-state index is 12.9. The lowest BCUT2D eigenvalue weighted by Crippen LogP contribution is -2.47.